The average molecular weight is 260 g/mol. The van der Waals surface area contributed by atoms with E-state index in [2.05, 4.69) is 21.8 Å². The molecule has 3 N–H and O–H groups in total. The molecule has 1 aliphatic heterocycles. The molecule has 6 nitrogen and oxygen atoms in total. The van der Waals surface area contributed by atoms with Gasteiger partial charge in [-0.15, -0.1) is 0 Å². The molecule has 0 aliphatic carbocycles. The molecule has 3 rings (SSSR count). The van der Waals surface area contributed by atoms with Crippen LogP contribution in [-0.2, 0) is 0 Å². The maximum atomic E-state index is 11.4. The highest BCUT2D eigenvalue weighted by molar-refractivity contribution is 5.99. The van der Waals surface area contributed by atoms with Gasteiger partial charge in [0.2, 0.25) is 11.9 Å². The first-order valence-electron chi connectivity index (χ1n) is 6.28. The summed E-state index contributed by atoms with van der Waals surface area (Å²) in [5.41, 5.74) is 7.41. The van der Waals surface area contributed by atoms with E-state index in [1.165, 1.54) is 0 Å². The number of imidazole rings is 1. The molecule has 1 atom stereocenters. The van der Waals surface area contributed by atoms with Gasteiger partial charge >= 0.3 is 0 Å². The summed E-state index contributed by atoms with van der Waals surface area (Å²) in [6.07, 6.45) is 0.890. The molecule has 0 saturated heterocycles. The summed E-state index contributed by atoms with van der Waals surface area (Å²) < 4.78 is 7.86. The van der Waals surface area contributed by atoms with Gasteiger partial charge in [-0.3, -0.25) is 4.79 Å². The van der Waals surface area contributed by atoms with Crippen LogP contribution in [-0.4, -0.2) is 29.1 Å². The van der Waals surface area contributed by atoms with Crippen LogP contribution in [0.4, 0.5) is 5.95 Å². The number of ether oxygens (including phenoxy) is 1. The van der Waals surface area contributed by atoms with Crippen LogP contribution in [0.15, 0.2) is 12.1 Å². The lowest BCUT2D eigenvalue weighted by atomic mass is 10.1. The first kappa shape index (κ1) is 11.8. The van der Waals surface area contributed by atoms with Gasteiger partial charge in [0.1, 0.15) is 11.3 Å². The van der Waals surface area contributed by atoms with Crippen molar-refractivity contribution in [3.63, 3.8) is 0 Å². The molecule has 0 spiro atoms. The maximum absolute atomic E-state index is 11.4. The van der Waals surface area contributed by atoms with Crippen LogP contribution >= 0.6 is 0 Å². The summed E-state index contributed by atoms with van der Waals surface area (Å²) in [6, 6.07) is 3.69. The SMILES string of the molecule is CNc1nc2cc(C(N)=O)cc3c2n1[C@@H](C)CCO3. The van der Waals surface area contributed by atoms with Gasteiger partial charge in [0, 0.05) is 25.1 Å². The van der Waals surface area contributed by atoms with Crippen LogP contribution in [0.3, 0.4) is 0 Å². The molecule has 19 heavy (non-hydrogen) atoms. The summed E-state index contributed by atoms with van der Waals surface area (Å²) in [5.74, 6) is 0.972. The van der Waals surface area contributed by atoms with E-state index in [1.807, 2.05) is 7.05 Å². The Hall–Kier alpha value is -2.24. The molecular formula is C13H16N4O2. The van der Waals surface area contributed by atoms with Gasteiger partial charge in [0.15, 0.2) is 0 Å². The third kappa shape index (κ3) is 1.71. The molecule has 1 aromatic heterocycles. The van der Waals surface area contributed by atoms with Crippen molar-refractivity contribution in [3.05, 3.63) is 17.7 Å². The van der Waals surface area contributed by atoms with Gasteiger partial charge in [0.25, 0.3) is 0 Å². The first-order valence-corrected chi connectivity index (χ1v) is 6.28. The number of hydrogen-bond donors (Lipinski definition) is 2. The third-order valence-electron chi connectivity index (χ3n) is 3.49. The van der Waals surface area contributed by atoms with Crippen molar-refractivity contribution >= 4 is 22.9 Å². The zero-order chi connectivity index (χ0) is 13.6. The lowest BCUT2D eigenvalue weighted by molar-refractivity contribution is 0.1000. The minimum absolute atomic E-state index is 0.285. The molecule has 0 fully saturated rings. The molecule has 0 saturated carbocycles. The fourth-order valence-electron chi connectivity index (χ4n) is 2.52. The molecule has 0 bridgehead atoms. The van der Waals surface area contributed by atoms with Crippen LogP contribution in [0.1, 0.15) is 29.7 Å². The molecule has 0 radical (unpaired) electrons. The van der Waals surface area contributed by atoms with Crippen LogP contribution in [0, 0.1) is 0 Å². The third-order valence-corrected chi connectivity index (χ3v) is 3.49. The van der Waals surface area contributed by atoms with E-state index in [0.717, 1.165) is 23.4 Å². The molecule has 0 unspecified atom stereocenters. The van der Waals surface area contributed by atoms with Crippen molar-refractivity contribution in [2.75, 3.05) is 19.0 Å². The Kier molecular flexibility index (Phi) is 2.58. The van der Waals surface area contributed by atoms with Gasteiger partial charge < -0.3 is 20.4 Å². The van der Waals surface area contributed by atoms with E-state index in [4.69, 9.17) is 10.5 Å². The normalized spacial score (nSPS) is 17.9. The Morgan fingerprint density at radius 2 is 2.37 bits per heavy atom. The van der Waals surface area contributed by atoms with Gasteiger partial charge in [0.05, 0.1) is 12.1 Å². The van der Waals surface area contributed by atoms with Crippen LogP contribution in [0.25, 0.3) is 11.0 Å². The zero-order valence-corrected chi connectivity index (χ0v) is 10.9. The number of anilines is 1. The van der Waals surface area contributed by atoms with Gasteiger partial charge in [-0.2, -0.15) is 0 Å². The smallest absolute Gasteiger partial charge is 0.248 e. The molecule has 2 aromatic rings. The highest BCUT2D eigenvalue weighted by Gasteiger charge is 2.23. The minimum Gasteiger partial charge on any atom is -0.491 e. The van der Waals surface area contributed by atoms with Crippen molar-refractivity contribution in [1.82, 2.24) is 9.55 Å². The number of carbonyl (C=O) groups excluding carboxylic acids is 1. The Morgan fingerprint density at radius 1 is 1.58 bits per heavy atom. The minimum atomic E-state index is -0.473. The second-order valence-corrected chi connectivity index (χ2v) is 4.75. The number of primary amides is 1. The molecular weight excluding hydrogens is 244 g/mol. The zero-order valence-electron chi connectivity index (χ0n) is 10.9. The van der Waals surface area contributed by atoms with Gasteiger partial charge in [-0.25, -0.2) is 4.98 Å². The lowest BCUT2D eigenvalue weighted by Crippen LogP contribution is -2.11. The van der Waals surface area contributed by atoms with Crippen molar-refractivity contribution in [2.45, 2.75) is 19.4 Å². The summed E-state index contributed by atoms with van der Waals surface area (Å²) in [5, 5.41) is 3.08. The predicted octanol–water partition coefficient (Wildman–Crippen LogP) is 1.52. The number of carbonyl (C=O) groups is 1. The van der Waals surface area contributed by atoms with Crippen LogP contribution in [0.2, 0.25) is 0 Å². The largest absolute Gasteiger partial charge is 0.491 e. The molecule has 6 heteroatoms. The molecule has 2 heterocycles. The Labute approximate surface area is 110 Å². The van der Waals surface area contributed by atoms with Crippen molar-refractivity contribution < 1.29 is 9.53 Å². The number of nitrogens with one attached hydrogen (secondary N) is 1. The number of nitrogens with zero attached hydrogens (tertiary/aromatic N) is 2. The summed E-state index contributed by atoms with van der Waals surface area (Å²) >= 11 is 0. The predicted molar refractivity (Wildman–Crippen MR) is 72.6 cm³/mol. The molecule has 1 amide bonds. The van der Waals surface area contributed by atoms with E-state index in [-0.39, 0.29) is 6.04 Å². The quantitative estimate of drug-likeness (QED) is 0.857. The monoisotopic (exact) mass is 260 g/mol. The first-order chi connectivity index (χ1) is 9.11. The summed E-state index contributed by atoms with van der Waals surface area (Å²) in [7, 11) is 1.83. The van der Waals surface area contributed by atoms with Crippen molar-refractivity contribution in [2.24, 2.45) is 5.73 Å². The fraction of sp³-hybridized carbons (Fsp3) is 0.385. The number of nitrogens with two attached hydrogens (primary N) is 1. The lowest BCUT2D eigenvalue weighted by Gasteiger charge is -2.13. The van der Waals surface area contributed by atoms with E-state index in [1.54, 1.807) is 12.1 Å². The highest BCUT2D eigenvalue weighted by Crippen LogP contribution is 2.36. The van der Waals surface area contributed by atoms with E-state index in [0.29, 0.717) is 17.9 Å². The maximum Gasteiger partial charge on any atom is 0.248 e. The number of aromatic nitrogens is 2. The van der Waals surface area contributed by atoms with Crippen molar-refractivity contribution in [3.8, 4) is 5.75 Å². The Bertz CT molecular complexity index is 662. The number of amides is 1. The fourth-order valence-corrected chi connectivity index (χ4v) is 2.52. The van der Waals surface area contributed by atoms with Crippen LogP contribution < -0.4 is 15.8 Å². The average Bonchev–Trinajstić information content (AvgIpc) is 2.67. The van der Waals surface area contributed by atoms with E-state index in [9.17, 15) is 4.79 Å². The van der Waals surface area contributed by atoms with Crippen LogP contribution in [0.5, 0.6) is 5.75 Å². The van der Waals surface area contributed by atoms with E-state index >= 15 is 0 Å². The number of benzene rings is 1. The van der Waals surface area contributed by atoms with Gasteiger partial charge in [-0.1, -0.05) is 0 Å². The summed E-state index contributed by atoms with van der Waals surface area (Å²) in [6.45, 7) is 2.74. The molecule has 100 valence electrons. The second kappa shape index (κ2) is 4.15. The highest BCUT2D eigenvalue weighted by atomic mass is 16.5. The Morgan fingerprint density at radius 3 is 3.05 bits per heavy atom. The topological polar surface area (TPSA) is 82.2 Å². The second-order valence-electron chi connectivity index (χ2n) is 4.75. The summed E-state index contributed by atoms with van der Waals surface area (Å²) in [4.78, 5) is 15.9. The molecule has 1 aliphatic rings. The molecule has 1 aromatic carbocycles. The number of hydrogen-bond acceptors (Lipinski definition) is 4. The van der Waals surface area contributed by atoms with Crippen molar-refractivity contribution in [1.29, 1.82) is 0 Å². The van der Waals surface area contributed by atoms with E-state index < -0.39 is 5.91 Å². The standard InChI is InChI=1S/C13H16N4O2/c1-7-3-4-19-10-6-8(12(14)18)5-9-11(10)17(7)13(15-2)16-9/h5-7H,3-4H2,1-2H3,(H2,14,18)(H,15,16)/t7-/m0/s1. The van der Waals surface area contributed by atoms with Gasteiger partial charge in [-0.05, 0) is 19.1 Å². The Balaban J connectivity index is 2.36. The number of rotatable bonds is 2.